The van der Waals surface area contributed by atoms with Gasteiger partial charge in [0.15, 0.2) is 0 Å². The molecule has 0 radical (unpaired) electrons. The minimum absolute atomic E-state index is 0.728. The summed E-state index contributed by atoms with van der Waals surface area (Å²) in [6, 6.07) is 0. The Hall–Kier alpha value is -0.715. The van der Waals surface area contributed by atoms with Crippen LogP contribution >= 0.6 is 0 Å². The van der Waals surface area contributed by atoms with Crippen LogP contribution in [0.15, 0.2) is 35.5 Å². The molecule has 0 saturated heterocycles. The van der Waals surface area contributed by atoms with Crippen LogP contribution in [0.1, 0.15) is 20.8 Å². The van der Waals surface area contributed by atoms with Crippen molar-refractivity contribution >= 4 is 6.71 Å². The number of hydrogen-bond acceptors (Lipinski definition) is 0. The van der Waals surface area contributed by atoms with Gasteiger partial charge in [-0.1, -0.05) is 43.5 Å². The van der Waals surface area contributed by atoms with Gasteiger partial charge in [0.1, 0.15) is 6.71 Å². The summed E-state index contributed by atoms with van der Waals surface area (Å²) < 4.78 is 0. The van der Waals surface area contributed by atoms with Crippen LogP contribution in [0.2, 0.25) is 20.0 Å². The summed E-state index contributed by atoms with van der Waals surface area (Å²) in [7, 11) is 0. The van der Waals surface area contributed by atoms with Gasteiger partial charge in [-0.05, 0) is 32.7 Å². The molecule has 0 aliphatic rings. The first-order valence-corrected chi connectivity index (χ1v) is 5.07. The number of rotatable bonds is 4. The van der Waals surface area contributed by atoms with Gasteiger partial charge >= 0.3 is 0 Å². The molecule has 0 heterocycles. The predicted octanol–water partition coefficient (Wildman–Crippen LogP) is 4.21. The van der Waals surface area contributed by atoms with Gasteiger partial charge in [0, 0.05) is 0 Å². The van der Waals surface area contributed by atoms with Crippen molar-refractivity contribution in [3.63, 3.8) is 0 Å². The summed E-state index contributed by atoms with van der Waals surface area (Å²) in [6.45, 7) is 11.6. The summed E-state index contributed by atoms with van der Waals surface area (Å²) in [5.74, 6) is 0. The molecule has 0 N–H and O–H groups in total. The molecule has 13 heavy (non-hydrogen) atoms. The van der Waals surface area contributed by atoms with Crippen molar-refractivity contribution in [2.24, 2.45) is 0 Å². The highest BCUT2D eigenvalue weighted by atomic mass is 14.0. The molecule has 0 amide bonds. The predicted molar refractivity (Wildman–Crippen MR) is 64.6 cm³/mol. The summed E-state index contributed by atoms with van der Waals surface area (Å²) >= 11 is 0. The molecule has 0 aromatic carbocycles. The maximum Gasteiger partial charge on any atom is 0.138 e. The zero-order valence-electron chi connectivity index (χ0n) is 9.59. The van der Waals surface area contributed by atoms with Gasteiger partial charge in [-0.2, -0.15) is 0 Å². The monoisotopic (exact) mass is 176 g/mol. The van der Waals surface area contributed by atoms with Crippen molar-refractivity contribution in [3.8, 4) is 0 Å². The smallest absolute Gasteiger partial charge is 0.0874 e. The van der Waals surface area contributed by atoms with E-state index in [1.54, 1.807) is 0 Å². The second kappa shape index (κ2) is 6.76. The highest BCUT2D eigenvalue weighted by Gasteiger charge is 2.02. The van der Waals surface area contributed by atoms with E-state index >= 15 is 0 Å². The van der Waals surface area contributed by atoms with Crippen LogP contribution < -0.4 is 0 Å². The van der Waals surface area contributed by atoms with Crippen LogP contribution in [0, 0.1) is 0 Å². The fourth-order valence-corrected chi connectivity index (χ4v) is 1.36. The minimum atomic E-state index is 0.728. The van der Waals surface area contributed by atoms with Gasteiger partial charge in [-0.15, -0.1) is 0 Å². The molecule has 0 fully saturated rings. The van der Waals surface area contributed by atoms with Crippen molar-refractivity contribution in [1.82, 2.24) is 0 Å². The molecule has 0 aromatic heterocycles. The molecule has 72 valence electrons. The highest BCUT2D eigenvalue weighted by Crippen LogP contribution is 2.14. The van der Waals surface area contributed by atoms with Gasteiger partial charge in [0.25, 0.3) is 0 Å². The van der Waals surface area contributed by atoms with Crippen molar-refractivity contribution < 1.29 is 0 Å². The van der Waals surface area contributed by atoms with E-state index in [9.17, 15) is 0 Å². The van der Waals surface area contributed by atoms with Crippen LogP contribution in [0.25, 0.3) is 0 Å². The Morgan fingerprint density at radius 1 is 1.08 bits per heavy atom. The van der Waals surface area contributed by atoms with Crippen LogP contribution in [-0.2, 0) is 0 Å². The summed E-state index contributed by atoms with van der Waals surface area (Å²) in [5, 5.41) is 0. The first-order valence-electron chi connectivity index (χ1n) is 5.07. The molecule has 0 nitrogen and oxygen atoms in total. The Morgan fingerprint density at radius 3 is 2.00 bits per heavy atom. The van der Waals surface area contributed by atoms with E-state index in [1.807, 2.05) is 0 Å². The van der Waals surface area contributed by atoms with Crippen LogP contribution in [0.3, 0.4) is 0 Å². The lowest BCUT2D eigenvalue weighted by Crippen LogP contribution is -2.00. The van der Waals surface area contributed by atoms with Crippen LogP contribution in [0.4, 0.5) is 0 Å². The van der Waals surface area contributed by atoms with Crippen LogP contribution in [-0.4, -0.2) is 6.71 Å². The Balaban J connectivity index is 4.66. The standard InChI is InChI=1S/C12H21B/c1-6-8-11(3)12(9-7-2)10-13(4)5/h6-9H,10H2,1-5H3/b8-6-,9-7-,12-11+. The van der Waals surface area contributed by atoms with E-state index in [-0.39, 0.29) is 0 Å². The van der Waals surface area contributed by atoms with E-state index in [2.05, 4.69) is 58.7 Å². The molecular weight excluding hydrogens is 155 g/mol. The van der Waals surface area contributed by atoms with Crippen LogP contribution in [0.5, 0.6) is 0 Å². The van der Waals surface area contributed by atoms with Gasteiger partial charge < -0.3 is 0 Å². The zero-order chi connectivity index (χ0) is 10.3. The third-order valence-corrected chi connectivity index (χ3v) is 1.92. The maximum absolute atomic E-state index is 2.26. The topological polar surface area (TPSA) is 0 Å². The second-order valence-electron chi connectivity index (χ2n) is 3.81. The Labute approximate surface area is 83.5 Å². The molecule has 0 rings (SSSR count). The summed E-state index contributed by atoms with van der Waals surface area (Å²) in [4.78, 5) is 0. The molecule has 0 bridgehead atoms. The molecule has 1 heteroatoms. The van der Waals surface area contributed by atoms with Gasteiger partial charge in [0.05, 0.1) is 0 Å². The number of allylic oxidation sites excluding steroid dienone is 6. The lowest BCUT2D eigenvalue weighted by atomic mass is 9.50. The fraction of sp³-hybridized carbons (Fsp3) is 0.500. The molecule has 0 aromatic rings. The maximum atomic E-state index is 2.26. The number of hydrogen-bond donors (Lipinski definition) is 0. The molecule has 0 atom stereocenters. The zero-order valence-corrected chi connectivity index (χ0v) is 9.59. The van der Waals surface area contributed by atoms with Crippen molar-refractivity contribution in [3.05, 3.63) is 35.5 Å². The average Bonchev–Trinajstić information content (AvgIpc) is 2.03. The Kier molecular flexibility index (Phi) is 6.39. The first-order chi connectivity index (χ1) is 6.11. The van der Waals surface area contributed by atoms with Gasteiger partial charge in [-0.3, -0.25) is 0 Å². The highest BCUT2D eigenvalue weighted by molar-refractivity contribution is 6.56. The average molecular weight is 176 g/mol. The SMILES string of the molecule is C\C=C/C(C)=C(\C=C/C)CB(C)C. The summed E-state index contributed by atoms with van der Waals surface area (Å²) in [5.41, 5.74) is 2.84. The Morgan fingerprint density at radius 2 is 1.62 bits per heavy atom. The third kappa shape index (κ3) is 5.51. The van der Waals surface area contributed by atoms with Crippen molar-refractivity contribution in [1.29, 1.82) is 0 Å². The van der Waals surface area contributed by atoms with Crippen molar-refractivity contribution in [2.45, 2.75) is 40.7 Å². The van der Waals surface area contributed by atoms with E-state index in [1.165, 1.54) is 17.5 Å². The first kappa shape index (κ1) is 12.3. The molecule has 0 unspecified atom stereocenters. The Bertz CT molecular complexity index is 219. The molecule has 0 saturated carbocycles. The molecule has 0 aliphatic carbocycles. The molecule has 0 spiro atoms. The van der Waals surface area contributed by atoms with E-state index < -0.39 is 0 Å². The van der Waals surface area contributed by atoms with Gasteiger partial charge in [0.2, 0.25) is 0 Å². The molecular formula is C12H21B. The molecule has 0 aliphatic heterocycles. The lowest BCUT2D eigenvalue weighted by Gasteiger charge is -2.06. The normalized spacial score (nSPS) is 13.9. The second-order valence-corrected chi connectivity index (χ2v) is 3.81. The minimum Gasteiger partial charge on any atom is -0.0874 e. The lowest BCUT2D eigenvalue weighted by molar-refractivity contribution is 1.33. The fourth-order valence-electron chi connectivity index (χ4n) is 1.36. The van der Waals surface area contributed by atoms with E-state index in [4.69, 9.17) is 0 Å². The van der Waals surface area contributed by atoms with E-state index in [0.29, 0.717) is 0 Å². The third-order valence-electron chi connectivity index (χ3n) is 1.92. The largest absolute Gasteiger partial charge is 0.138 e. The summed E-state index contributed by atoms with van der Waals surface area (Å²) in [6.07, 6.45) is 9.78. The quantitative estimate of drug-likeness (QED) is 0.444. The van der Waals surface area contributed by atoms with E-state index in [0.717, 1.165) is 6.71 Å². The van der Waals surface area contributed by atoms with Crippen molar-refractivity contribution in [2.75, 3.05) is 0 Å². The van der Waals surface area contributed by atoms with Gasteiger partial charge in [-0.25, -0.2) is 0 Å².